The van der Waals surface area contributed by atoms with E-state index in [0.29, 0.717) is 19.4 Å². The Kier molecular flexibility index (Phi) is 4.39. The van der Waals surface area contributed by atoms with E-state index in [1.165, 1.54) is 0 Å². The van der Waals surface area contributed by atoms with Crippen molar-refractivity contribution in [2.45, 2.75) is 63.7 Å². The summed E-state index contributed by atoms with van der Waals surface area (Å²) < 4.78 is 0. The van der Waals surface area contributed by atoms with Crippen molar-refractivity contribution < 1.29 is 9.59 Å². The van der Waals surface area contributed by atoms with E-state index in [9.17, 15) is 9.59 Å². The monoisotopic (exact) mass is 315 g/mol. The molecule has 0 unspecified atom stereocenters. The van der Waals surface area contributed by atoms with Gasteiger partial charge in [-0.1, -0.05) is 44.2 Å². The van der Waals surface area contributed by atoms with Gasteiger partial charge in [0.05, 0.1) is 0 Å². The molecule has 23 heavy (non-hydrogen) atoms. The predicted molar refractivity (Wildman–Crippen MR) is 88.8 cm³/mol. The van der Waals surface area contributed by atoms with Crippen molar-refractivity contribution in [1.82, 2.24) is 15.5 Å². The molecule has 0 aromatic heterocycles. The second-order valence-corrected chi connectivity index (χ2v) is 6.65. The summed E-state index contributed by atoms with van der Waals surface area (Å²) in [5.74, 6) is -0.128. The van der Waals surface area contributed by atoms with E-state index < -0.39 is 5.54 Å². The highest BCUT2D eigenvalue weighted by atomic mass is 16.2. The van der Waals surface area contributed by atoms with Crippen molar-refractivity contribution in [3.8, 4) is 0 Å². The van der Waals surface area contributed by atoms with Crippen molar-refractivity contribution in [1.29, 1.82) is 0 Å². The summed E-state index contributed by atoms with van der Waals surface area (Å²) in [6.45, 7) is 4.73. The number of amides is 3. The first-order valence-corrected chi connectivity index (χ1v) is 8.52. The van der Waals surface area contributed by atoms with Gasteiger partial charge < -0.3 is 10.2 Å². The van der Waals surface area contributed by atoms with Gasteiger partial charge in [0.15, 0.2) is 0 Å². The molecule has 0 bridgehead atoms. The number of hydrogen-bond donors (Lipinski definition) is 2. The lowest BCUT2D eigenvalue weighted by Crippen LogP contribution is -2.61. The molecule has 1 aromatic carbocycles. The fraction of sp³-hybridized carbons (Fsp3) is 0.556. The van der Waals surface area contributed by atoms with Crippen LogP contribution in [0, 0.1) is 0 Å². The van der Waals surface area contributed by atoms with Crippen LogP contribution in [0.1, 0.15) is 45.1 Å². The van der Waals surface area contributed by atoms with Gasteiger partial charge >= 0.3 is 6.03 Å². The van der Waals surface area contributed by atoms with E-state index in [1.54, 1.807) is 4.90 Å². The van der Waals surface area contributed by atoms with E-state index in [4.69, 9.17) is 0 Å². The Labute approximate surface area is 137 Å². The molecule has 2 heterocycles. The third-order valence-electron chi connectivity index (χ3n) is 5.21. The third-order valence-corrected chi connectivity index (χ3v) is 5.21. The van der Waals surface area contributed by atoms with Gasteiger partial charge in [0.2, 0.25) is 0 Å². The van der Waals surface area contributed by atoms with Crippen molar-refractivity contribution in [2.75, 3.05) is 0 Å². The first-order valence-electron chi connectivity index (χ1n) is 8.52. The number of nitrogens with one attached hydrogen (secondary N) is 2. The normalized spacial score (nSPS) is 30.8. The summed E-state index contributed by atoms with van der Waals surface area (Å²) in [5.41, 5.74) is 0.343. The van der Waals surface area contributed by atoms with Crippen LogP contribution in [0.3, 0.4) is 0 Å². The SMILES string of the molecule is CC[C@@H]1CC2(C[C@@H](CC)N1)C(=O)NC(=O)N2Cc1ccccc1. The van der Waals surface area contributed by atoms with Crippen LogP contribution in [0.25, 0.3) is 0 Å². The molecule has 1 spiro atoms. The summed E-state index contributed by atoms with van der Waals surface area (Å²) in [4.78, 5) is 26.9. The summed E-state index contributed by atoms with van der Waals surface area (Å²) in [6.07, 6.45) is 3.28. The molecule has 5 nitrogen and oxygen atoms in total. The van der Waals surface area contributed by atoms with Gasteiger partial charge in [0.1, 0.15) is 5.54 Å². The lowest BCUT2D eigenvalue weighted by atomic mass is 9.78. The molecule has 3 amide bonds. The summed E-state index contributed by atoms with van der Waals surface area (Å²) in [5, 5.41) is 6.16. The molecule has 5 heteroatoms. The third kappa shape index (κ3) is 2.85. The zero-order chi connectivity index (χ0) is 16.4. The quantitative estimate of drug-likeness (QED) is 0.839. The molecule has 0 aliphatic carbocycles. The molecule has 0 saturated carbocycles. The maximum atomic E-state index is 12.7. The van der Waals surface area contributed by atoms with E-state index in [-0.39, 0.29) is 24.0 Å². The van der Waals surface area contributed by atoms with Crippen LogP contribution in [0.15, 0.2) is 30.3 Å². The number of hydrogen-bond acceptors (Lipinski definition) is 3. The topological polar surface area (TPSA) is 61.4 Å². The highest BCUT2D eigenvalue weighted by Gasteiger charge is 2.56. The van der Waals surface area contributed by atoms with E-state index in [1.807, 2.05) is 30.3 Å². The second kappa shape index (κ2) is 6.32. The number of carbonyl (C=O) groups is 2. The minimum atomic E-state index is -0.709. The van der Waals surface area contributed by atoms with Crippen LogP contribution < -0.4 is 10.6 Å². The van der Waals surface area contributed by atoms with Gasteiger partial charge in [-0.05, 0) is 31.2 Å². The summed E-state index contributed by atoms with van der Waals surface area (Å²) in [6, 6.07) is 10.2. The van der Waals surface area contributed by atoms with Crippen LogP contribution in [0.4, 0.5) is 4.79 Å². The molecular formula is C18H25N3O2. The fourth-order valence-electron chi connectivity index (χ4n) is 3.87. The van der Waals surface area contributed by atoms with E-state index >= 15 is 0 Å². The van der Waals surface area contributed by atoms with Crippen molar-refractivity contribution in [3.05, 3.63) is 35.9 Å². The molecule has 2 fully saturated rings. The van der Waals surface area contributed by atoms with Gasteiger partial charge in [0, 0.05) is 18.6 Å². The Morgan fingerprint density at radius 1 is 1.09 bits per heavy atom. The van der Waals surface area contributed by atoms with Crippen LogP contribution >= 0.6 is 0 Å². The van der Waals surface area contributed by atoms with Gasteiger partial charge in [-0.3, -0.25) is 10.1 Å². The zero-order valence-electron chi connectivity index (χ0n) is 13.8. The Bertz CT molecular complexity index is 575. The second-order valence-electron chi connectivity index (χ2n) is 6.65. The number of piperidine rings is 1. The molecule has 2 aliphatic rings. The molecule has 2 aliphatic heterocycles. The van der Waals surface area contributed by atoms with E-state index in [0.717, 1.165) is 18.4 Å². The number of benzene rings is 1. The van der Waals surface area contributed by atoms with Crippen LogP contribution in [0.5, 0.6) is 0 Å². The highest BCUT2D eigenvalue weighted by Crippen LogP contribution is 2.37. The zero-order valence-corrected chi connectivity index (χ0v) is 13.8. The van der Waals surface area contributed by atoms with Gasteiger partial charge in [-0.25, -0.2) is 4.79 Å². The smallest absolute Gasteiger partial charge is 0.311 e. The average molecular weight is 315 g/mol. The molecular weight excluding hydrogens is 290 g/mol. The summed E-state index contributed by atoms with van der Waals surface area (Å²) >= 11 is 0. The molecule has 2 atom stereocenters. The van der Waals surface area contributed by atoms with Crippen molar-refractivity contribution in [2.24, 2.45) is 0 Å². The van der Waals surface area contributed by atoms with Crippen molar-refractivity contribution >= 4 is 11.9 Å². The van der Waals surface area contributed by atoms with Gasteiger partial charge in [-0.15, -0.1) is 0 Å². The molecule has 2 saturated heterocycles. The average Bonchev–Trinajstić information content (AvgIpc) is 2.79. The molecule has 2 N–H and O–H groups in total. The Hall–Kier alpha value is -1.88. The Balaban J connectivity index is 1.92. The van der Waals surface area contributed by atoms with Crippen LogP contribution in [-0.4, -0.2) is 34.5 Å². The maximum absolute atomic E-state index is 12.7. The number of urea groups is 1. The van der Waals surface area contributed by atoms with Gasteiger partial charge in [0.25, 0.3) is 5.91 Å². The largest absolute Gasteiger partial charge is 0.325 e. The predicted octanol–water partition coefficient (Wildman–Crippen LogP) is 2.42. The highest BCUT2D eigenvalue weighted by molar-refractivity contribution is 6.07. The first kappa shape index (κ1) is 16.0. The van der Waals surface area contributed by atoms with Gasteiger partial charge in [-0.2, -0.15) is 0 Å². The first-order chi connectivity index (χ1) is 11.1. The Morgan fingerprint density at radius 3 is 2.26 bits per heavy atom. The number of imide groups is 1. The molecule has 0 radical (unpaired) electrons. The number of nitrogens with zero attached hydrogens (tertiary/aromatic N) is 1. The minimum Gasteiger partial charge on any atom is -0.311 e. The Morgan fingerprint density at radius 2 is 1.70 bits per heavy atom. The van der Waals surface area contributed by atoms with Crippen molar-refractivity contribution in [3.63, 3.8) is 0 Å². The number of carbonyl (C=O) groups excluding carboxylic acids is 2. The molecule has 3 rings (SSSR count). The van der Waals surface area contributed by atoms with E-state index in [2.05, 4.69) is 24.5 Å². The fourth-order valence-corrected chi connectivity index (χ4v) is 3.87. The lowest BCUT2D eigenvalue weighted by Gasteiger charge is -2.45. The van der Waals surface area contributed by atoms with Crippen LogP contribution in [-0.2, 0) is 11.3 Å². The lowest BCUT2D eigenvalue weighted by molar-refractivity contribution is -0.129. The molecule has 1 aromatic rings. The standard InChI is InChI=1S/C18H25N3O2/c1-3-14-10-18(11-15(4-2)19-14)16(22)20-17(23)21(18)12-13-8-6-5-7-9-13/h5-9,14-15,19H,3-4,10-12H2,1-2H3,(H,20,22,23)/t14-,15-/m1/s1. The summed E-state index contributed by atoms with van der Waals surface area (Å²) in [7, 11) is 0. The maximum Gasteiger partial charge on any atom is 0.325 e. The minimum absolute atomic E-state index is 0.128. The van der Waals surface area contributed by atoms with Crippen LogP contribution in [0.2, 0.25) is 0 Å². The number of rotatable bonds is 4. The molecule has 124 valence electrons.